The molecule has 1 atom stereocenters. The maximum atomic E-state index is 15.0. The fourth-order valence-electron chi connectivity index (χ4n) is 5.66. The van der Waals surface area contributed by atoms with Gasteiger partial charge in [0.2, 0.25) is 0 Å². The summed E-state index contributed by atoms with van der Waals surface area (Å²) in [6.07, 6.45) is 3.75. The van der Waals surface area contributed by atoms with E-state index in [2.05, 4.69) is 25.7 Å². The highest BCUT2D eigenvalue weighted by Gasteiger charge is 2.53. The monoisotopic (exact) mass is 586 g/mol. The van der Waals surface area contributed by atoms with Crippen molar-refractivity contribution in [3.8, 4) is 12.3 Å². The number of methoxy groups -OCH3 is 1. The number of halogens is 1. The summed E-state index contributed by atoms with van der Waals surface area (Å²) in [7, 11) is 1.31. The molecular weight excluding hydrogens is 557 g/mol. The Hall–Kier alpha value is -5.22. The van der Waals surface area contributed by atoms with Crippen LogP contribution in [0.1, 0.15) is 34.3 Å². The van der Waals surface area contributed by atoms with E-state index >= 15 is 0 Å². The van der Waals surface area contributed by atoms with Gasteiger partial charge in [-0.1, -0.05) is 12.1 Å². The van der Waals surface area contributed by atoms with Gasteiger partial charge in [-0.3, -0.25) is 14.9 Å². The minimum Gasteiger partial charge on any atom is -0.494 e. The maximum absolute atomic E-state index is 15.0. The minimum absolute atomic E-state index is 0.0290. The molecule has 0 saturated carbocycles. The van der Waals surface area contributed by atoms with Crippen molar-refractivity contribution in [2.45, 2.75) is 19.0 Å². The molecule has 12 nitrogen and oxygen atoms in total. The van der Waals surface area contributed by atoms with Crippen LogP contribution in [0.3, 0.4) is 0 Å². The van der Waals surface area contributed by atoms with E-state index in [9.17, 15) is 18.8 Å². The van der Waals surface area contributed by atoms with Gasteiger partial charge in [-0.05, 0) is 30.7 Å². The number of rotatable bonds is 7. The molecule has 0 spiro atoms. The molecule has 220 valence electrons. The molecule has 4 amide bonds. The standard InChI is InChI=1S/C30H28FN7O5/c1-4-17(13-24(32-2)37-11-9-33-10-12-37)19-6-8-21-20(34-19)14-23(43-21)30(28(40)35-29(41)36-30)16-38-15-18-5-7-22(42-3)26(31)25(18)27(38)39/h2,4-8,13-14,33H,9-12,15-16H2,1,3H3,(H-,35,36,40,41)/p+1. The molecule has 2 aromatic heterocycles. The number of nitrogens with one attached hydrogen (secondary N) is 3. The van der Waals surface area contributed by atoms with Gasteiger partial charge in [-0.25, -0.2) is 19.1 Å². The number of ether oxygens (including phenoxy) is 1. The van der Waals surface area contributed by atoms with E-state index in [1.807, 2.05) is 19.1 Å². The number of urea groups is 1. The molecular formula is C30H29FN7O5+. The average Bonchev–Trinajstić information content (AvgIpc) is 3.67. The lowest BCUT2D eigenvalue weighted by molar-refractivity contribution is -0.125. The number of carbonyl (C=O) groups is 3. The first-order valence-corrected chi connectivity index (χ1v) is 13.7. The van der Waals surface area contributed by atoms with E-state index in [0.29, 0.717) is 28.2 Å². The Labute approximate surface area is 246 Å². The molecule has 5 heterocycles. The van der Waals surface area contributed by atoms with Crippen LogP contribution in [0.4, 0.5) is 9.18 Å². The van der Waals surface area contributed by atoms with Crippen molar-refractivity contribution >= 4 is 34.5 Å². The number of aromatic nitrogens is 1. The lowest BCUT2D eigenvalue weighted by Crippen LogP contribution is -2.52. The summed E-state index contributed by atoms with van der Waals surface area (Å²) in [4.78, 5) is 51.1. The molecule has 2 fully saturated rings. The third kappa shape index (κ3) is 4.75. The smallest absolute Gasteiger partial charge is 0.381 e. The van der Waals surface area contributed by atoms with Gasteiger partial charge < -0.3 is 24.7 Å². The molecule has 0 radical (unpaired) electrons. The Morgan fingerprint density at radius 3 is 2.70 bits per heavy atom. The molecule has 3 aliphatic heterocycles. The summed E-state index contributed by atoms with van der Waals surface area (Å²) in [5, 5.41) is 8.17. The number of allylic oxidation sites excluding steroid dienone is 3. The minimum atomic E-state index is -1.77. The molecule has 43 heavy (non-hydrogen) atoms. The second-order valence-corrected chi connectivity index (χ2v) is 10.4. The highest BCUT2D eigenvalue weighted by atomic mass is 19.1. The summed E-state index contributed by atoms with van der Waals surface area (Å²) >= 11 is 0. The van der Waals surface area contributed by atoms with E-state index in [4.69, 9.17) is 20.7 Å². The Kier molecular flexibility index (Phi) is 7.07. The molecule has 2 saturated heterocycles. The number of hydrogen-bond acceptors (Lipinski definition) is 8. The maximum Gasteiger partial charge on any atom is 0.381 e. The van der Waals surface area contributed by atoms with Gasteiger partial charge in [0.05, 0.1) is 44.1 Å². The number of fused-ring (bicyclic) bond motifs is 2. The fourth-order valence-corrected chi connectivity index (χ4v) is 5.66. The van der Waals surface area contributed by atoms with Gasteiger partial charge in [0.1, 0.15) is 17.8 Å². The lowest BCUT2D eigenvalue weighted by Gasteiger charge is -2.28. The molecule has 13 heteroatoms. The Morgan fingerprint density at radius 2 is 2.02 bits per heavy atom. The van der Waals surface area contributed by atoms with E-state index < -0.39 is 29.2 Å². The number of piperazine rings is 1. The highest BCUT2D eigenvalue weighted by molar-refractivity contribution is 6.08. The van der Waals surface area contributed by atoms with Crippen LogP contribution in [0.25, 0.3) is 21.5 Å². The summed E-state index contributed by atoms with van der Waals surface area (Å²) in [6.45, 7) is 10.5. The number of pyridine rings is 1. The number of benzene rings is 1. The van der Waals surface area contributed by atoms with Crippen molar-refractivity contribution < 1.29 is 27.9 Å². The van der Waals surface area contributed by atoms with Crippen LogP contribution in [0, 0.1) is 12.4 Å². The third-order valence-corrected chi connectivity index (χ3v) is 7.90. The molecule has 3 aromatic rings. The van der Waals surface area contributed by atoms with Gasteiger partial charge >= 0.3 is 11.9 Å². The molecule has 3 aliphatic rings. The largest absolute Gasteiger partial charge is 0.494 e. The van der Waals surface area contributed by atoms with E-state index in [1.165, 1.54) is 18.1 Å². The summed E-state index contributed by atoms with van der Waals surface area (Å²) in [5.74, 6) is -1.48. The summed E-state index contributed by atoms with van der Waals surface area (Å²) in [6, 6.07) is 7.33. The lowest BCUT2D eigenvalue weighted by atomic mass is 9.95. The quantitative estimate of drug-likeness (QED) is 0.284. The zero-order valence-corrected chi connectivity index (χ0v) is 23.6. The Morgan fingerprint density at radius 1 is 1.23 bits per heavy atom. The number of amides is 4. The Bertz CT molecular complexity index is 1770. The number of nitrogens with zero attached hydrogens (tertiary/aromatic N) is 4. The van der Waals surface area contributed by atoms with Crippen LogP contribution in [-0.4, -0.2) is 72.5 Å². The molecule has 3 N–H and O–H groups in total. The zero-order chi connectivity index (χ0) is 30.3. The molecule has 6 rings (SSSR count). The Balaban J connectivity index is 1.34. The first-order valence-electron chi connectivity index (χ1n) is 13.7. The zero-order valence-electron chi connectivity index (χ0n) is 23.6. The van der Waals surface area contributed by atoms with E-state index in [0.717, 1.165) is 31.8 Å². The van der Waals surface area contributed by atoms with E-state index in [-0.39, 0.29) is 30.2 Å². The normalized spacial score (nSPS) is 20.7. The molecule has 0 aliphatic carbocycles. The second kappa shape index (κ2) is 10.9. The predicted octanol–water partition coefficient (Wildman–Crippen LogP) is 2.78. The summed E-state index contributed by atoms with van der Waals surface area (Å²) < 4.78 is 26.1. The second-order valence-electron chi connectivity index (χ2n) is 10.4. The number of hydrogen-bond donors (Lipinski definition) is 3. The van der Waals surface area contributed by atoms with Crippen LogP contribution in [-0.2, 0) is 16.9 Å². The van der Waals surface area contributed by atoms with Crippen molar-refractivity contribution in [3.05, 3.63) is 81.5 Å². The topological polar surface area (TPSA) is 133 Å². The van der Waals surface area contributed by atoms with Gasteiger partial charge in [-0.15, -0.1) is 0 Å². The van der Waals surface area contributed by atoms with Crippen LogP contribution in [0.2, 0.25) is 0 Å². The average molecular weight is 587 g/mol. The SMILES string of the molecule is C#[N+]C(=CC(=CC)c1ccc2oc(C3(CN4Cc5ccc(OC)c(F)c5C4=O)NC(=O)NC3=O)cc2n1)N1CCNCC1. The van der Waals surface area contributed by atoms with Gasteiger partial charge in [0, 0.05) is 31.3 Å². The molecule has 0 bridgehead atoms. The third-order valence-electron chi connectivity index (χ3n) is 7.90. The summed E-state index contributed by atoms with van der Waals surface area (Å²) in [5.41, 5.74) is 0.710. The highest BCUT2D eigenvalue weighted by Crippen LogP contribution is 2.36. The van der Waals surface area contributed by atoms with E-state index in [1.54, 1.807) is 24.3 Å². The fraction of sp³-hybridized carbons (Fsp3) is 0.300. The van der Waals surface area contributed by atoms with Crippen LogP contribution in [0.15, 0.2) is 52.7 Å². The molecule has 1 unspecified atom stereocenters. The van der Waals surface area contributed by atoms with Crippen molar-refractivity contribution in [2.75, 3.05) is 39.8 Å². The van der Waals surface area contributed by atoms with Crippen LogP contribution in [0.5, 0.6) is 5.75 Å². The van der Waals surface area contributed by atoms with Crippen LogP contribution >= 0.6 is 0 Å². The van der Waals surface area contributed by atoms with Gasteiger partial charge in [0.25, 0.3) is 11.8 Å². The van der Waals surface area contributed by atoms with Crippen molar-refractivity contribution in [2.24, 2.45) is 0 Å². The van der Waals surface area contributed by atoms with Gasteiger partial charge in [0.15, 0.2) is 22.7 Å². The van der Waals surface area contributed by atoms with Crippen molar-refractivity contribution in [1.82, 2.24) is 30.7 Å². The number of carbonyl (C=O) groups excluding carboxylic acids is 3. The van der Waals surface area contributed by atoms with Crippen molar-refractivity contribution in [3.63, 3.8) is 0 Å². The molecule has 1 aromatic carbocycles. The van der Waals surface area contributed by atoms with Crippen molar-refractivity contribution in [1.29, 1.82) is 0 Å². The number of furan rings is 1. The number of imide groups is 1. The predicted molar refractivity (Wildman–Crippen MR) is 155 cm³/mol. The van der Waals surface area contributed by atoms with Crippen LogP contribution < -0.4 is 20.7 Å². The van der Waals surface area contributed by atoms with Gasteiger partial charge in [-0.2, -0.15) is 4.85 Å². The first-order chi connectivity index (χ1) is 20.8. The first kappa shape index (κ1) is 27.9.